The maximum absolute atomic E-state index is 12.0. The monoisotopic (exact) mass is 273 g/mol. The molecule has 5 heteroatoms. The summed E-state index contributed by atoms with van der Waals surface area (Å²) in [6.07, 6.45) is 1.66. The number of carbonyl (C=O) groups is 1. The van der Waals surface area contributed by atoms with Crippen LogP contribution >= 0.6 is 0 Å². The van der Waals surface area contributed by atoms with Gasteiger partial charge in [0.05, 0.1) is 5.69 Å². The number of fused-ring (bicyclic) bond motifs is 1. The largest absolute Gasteiger partial charge is 0.512 e. The minimum absolute atomic E-state index is 0.0682. The molecule has 104 valence electrons. The Balaban J connectivity index is 2.18. The second kappa shape index (κ2) is 4.03. The number of allylic oxidation sites excluding steroid dienone is 2. The summed E-state index contributed by atoms with van der Waals surface area (Å²) in [6.45, 7) is 5.03. The van der Waals surface area contributed by atoms with E-state index < -0.39 is 11.7 Å². The molecule has 0 saturated heterocycles. The Labute approximate surface area is 116 Å². The van der Waals surface area contributed by atoms with Crippen LogP contribution in [0.2, 0.25) is 0 Å². The highest BCUT2D eigenvalue weighted by molar-refractivity contribution is 5.95. The first-order valence-corrected chi connectivity index (χ1v) is 6.32. The van der Waals surface area contributed by atoms with E-state index in [9.17, 15) is 9.90 Å². The number of aryl methyl sites for hydroxylation is 1. The number of ether oxygens (including phenoxy) is 2. The molecule has 0 fully saturated rings. The maximum Gasteiger partial charge on any atom is 0.349 e. The number of anilines is 1. The molecule has 1 spiro atoms. The number of benzene rings is 1. The Bertz CT molecular complexity index is 670. The van der Waals surface area contributed by atoms with Gasteiger partial charge < -0.3 is 19.9 Å². The summed E-state index contributed by atoms with van der Waals surface area (Å²) >= 11 is 0. The van der Waals surface area contributed by atoms with E-state index in [1.54, 1.807) is 13.0 Å². The molecule has 1 aromatic rings. The number of hydrogen-bond acceptors (Lipinski definition) is 5. The van der Waals surface area contributed by atoms with Gasteiger partial charge in [0, 0.05) is 6.08 Å². The zero-order valence-corrected chi connectivity index (χ0v) is 11.5. The van der Waals surface area contributed by atoms with Crippen LogP contribution in [0.1, 0.15) is 19.4 Å². The van der Waals surface area contributed by atoms with Gasteiger partial charge in [-0.15, -0.1) is 0 Å². The number of carbonyl (C=O) groups excluding carboxylic acids is 1. The van der Waals surface area contributed by atoms with Crippen molar-refractivity contribution in [3.63, 3.8) is 0 Å². The van der Waals surface area contributed by atoms with E-state index in [1.807, 2.05) is 25.1 Å². The van der Waals surface area contributed by atoms with Gasteiger partial charge in [-0.3, -0.25) is 0 Å². The van der Waals surface area contributed by atoms with Crippen molar-refractivity contribution in [3.8, 4) is 5.75 Å². The standard InChI is InChI=1S/C15H15NO4/c1-8-5-4-6-11-13(8)20-15(16-11)7-9(2)19-14(18)12(15)10(3)17/h4-7,16-17H,1-3H3/b12-10+. The number of para-hydroxylation sites is 1. The Morgan fingerprint density at radius 2 is 2.10 bits per heavy atom. The minimum atomic E-state index is -1.20. The molecule has 20 heavy (non-hydrogen) atoms. The van der Waals surface area contributed by atoms with Gasteiger partial charge >= 0.3 is 5.97 Å². The Morgan fingerprint density at radius 1 is 1.35 bits per heavy atom. The van der Waals surface area contributed by atoms with Gasteiger partial charge in [-0.05, 0) is 32.4 Å². The van der Waals surface area contributed by atoms with Crippen LogP contribution in [0, 0.1) is 6.92 Å². The van der Waals surface area contributed by atoms with Gasteiger partial charge in [0.15, 0.2) is 0 Å². The van der Waals surface area contributed by atoms with Crippen LogP contribution in [0.5, 0.6) is 5.75 Å². The lowest BCUT2D eigenvalue weighted by Crippen LogP contribution is -2.47. The van der Waals surface area contributed by atoms with E-state index in [0.717, 1.165) is 11.3 Å². The van der Waals surface area contributed by atoms with Gasteiger partial charge in [0.1, 0.15) is 22.8 Å². The average molecular weight is 273 g/mol. The minimum Gasteiger partial charge on any atom is -0.512 e. The molecule has 2 N–H and O–H groups in total. The summed E-state index contributed by atoms with van der Waals surface area (Å²) < 4.78 is 11.0. The van der Waals surface area contributed by atoms with Crippen LogP contribution in [-0.4, -0.2) is 16.8 Å². The number of cyclic esters (lactones) is 1. The normalized spacial score (nSPS) is 26.4. The van der Waals surface area contributed by atoms with Crippen molar-refractivity contribution in [2.75, 3.05) is 5.32 Å². The first-order chi connectivity index (χ1) is 9.43. The molecule has 0 amide bonds. The van der Waals surface area contributed by atoms with E-state index in [2.05, 4.69) is 5.32 Å². The molecule has 5 nitrogen and oxygen atoms in total. The number of aliphatic hydroxyl groups excluding tert-OH is 1. The van der Waals surface area contributed by atoms with Gasteiger partial charge in [0.25, 0.3) is 0 Å². The molecule has 2 aliphatic heterocycles. The quantitative estimate of drug-likeness (QED) is 0.432. The lowest BCUT2D eigenvalue weighted by Gasteiger charge is -2.31. The van der Waals surface area contributed by atoms with E-state index in [-0.39, 0.29) is 11.3 Å². The van der Waals surface area contributed by atoms with Crippen molar-refractivity contribution >= 4 is 11.7 Å². The molecule has 1 aromatic carbocycles. The summed E-state index contributed by atoms with van der Waals surface area (Å²) in [5.41, 5.74) is 0.597. The summed E-state index contributed by atoms with van der Waals surface area (Å²) in [4.78, 5) is 12.0. The fourth-order valence-corrected chi connectivity index (χ4v) is 2.61. The molecule has 0 bridgehead atoms. The van der Waals surface area contributed by atoms with Crippen LogP contribution in [0.25, 0.3) is 0 Å². The first kappa shape index (κ1) is 12.6. The average Bonchev–Trinajstić information content (AvgIpc) is 2.66. The van der Waals surface area contributed by atoms with Crippen molar-refractivity contribution in [1.29, 1.82) is 0 Å². The maximum atomic E-state index is 12.0. The van der Waals surface area contributed by atoms with E-state index >= 15 is 0 Å². The Hall–Kier alpha value is -2.43. The molecule has 0 saturated carbocycles. The third-order valence-corrected chi connectivity index (χ3v) is 3.39. The van der Waals surface area contributed by atoms with Gasteiger partial charge in [0.2, 0.25) is 5.72 Å². The van der Waals surface area contributed by atoms with Gasteiger partial charge in [-0.1, -0.05) is 12.1 Å². The van der Waals surface area contributed by atoms with Crippen LogP contribution in [0.15, 0.2) is 41.4 Å². The smallest absolute Gasteiger partial charge is 0.349 e. The van der Waals surface area contributed by atoms with Crippen LogP contribution in [-0.2, 0) is 9.53 Å². The summed E-state index contributed by atoms with van der Waals surface area (Å²) in [6, 6.07) is 5.69. The van der Waals surface area contributed by atoms with Crippen LogP contribution in [0.3, 0.4) is 0 Å². The van der Waals surface area contributed by atoms with Crippen molar-refractivity contribution in [1.82, 2.24) is 0 Å². The Kier molecular flexibility index (Phi) is 2.54. The van der Waals surface area contributed by atoms with E-state index in [1.165, 1.54) is 6.92 Å². The lowest BCUT2D eigenvalue weighted by atomic mass is 9.98. The number of hydrogen-bond donors (Lipinski definition) is 2. The summed E-state index contributed by atoms with van der Waals surface area (Å²) in [5.74, 6) is 0.364. The molecule has 2 heterocycles. The second-order valence-corrected chi connectivity index (χ2v) is 5.02. The van der Waals surface area contributed by atoms with Gasteiger partial charge in [-0.25, -0.2) is 4.79 Å². The van der Waals surface area contributed by atoms with E-state index in [0.29, 0.717) is 11.5 Å². The zero-order chi connectivity index (χ0) is 14.5. The number of rotatable bonds is 0. The fourth-order valence-electron chi connectivity index (χ4n) is 2.61. The van der Waals surface area contributed by atoms with Crippen LogP contribution in [0.4, 0.5) is 5.69 Å². The topological polar surface area (TPSA) is 67.8 Å². The Morgan fingerprint density at radius 3 is 2.75 bits per heavy atom. The number of nitrogens with one attached hydrogen (secondary N) is 1. The number of esters is 1. The fraction of sp³-hybridized carbons (Fsp3) is 0.267. The summed E-state index contributed by atoms with van der Waals surface area (Å²) in [5, 5.41) is 13.0. The molecule has 0 aromatic heterocycles. The zero-order valence-electron chi connectivity index (χ0n) is 11.5. The van der Waals surface area contributed by atoms with Crippen molar-refractivity contribution in [2.45, 2.75) is 26.5 Å². The van der Waals surface area contributed by atoms with Crippen molar-refractivity contribution < 1.29 is 19.4 Å². The molecule has 1 atom stereocenters. The van der Waals surface area contributed by atoms with Crippen molar-refractivity contribution in [3.05, 3.63) is 46.9 Å². The molecule has 0 radical (unpaired) electrons. The van der Waals surface area contributed by atoms with E-state index in [4.69, 9.17) is 9.47 Å². The second-order valence-electron chi connectivity index (χ2n) is 5.02. The highest BCUT2D eigenvalue weighted by Gasteiger charge is 2.49. The van der Waals surface area contributed by atoms with Crippen LogP contribution < -0.4 is 10.1 Å². The first-order valence-electron chi connectivity index (χ1n) is 6.32. The highest BCUT2D eigenvalue weighted by Crippen LogP contribution is 2.45. The molecule has 1 unspecified atom stereocenters. The highest BCUT2D eigenvalue weighted by atomic mass is 16.6. The van der Waals surface area contributed by atoms with Gasteiger partial charge in [-0.2, -0.15) is 0 Å². The SMILES string of the molecule is CC1=CC2(Nc3cccc(C)c3O2)/C(=C(\C)O)C(=O)O1. The molecular weight excluding hydrogens is 258 g/mol. The molecular formula is C15H15NO4. The third-order valence-electron chi connectivity index (χ3n) is 3.39. The number of aliphatic hydroxyl groups is 1. The molecule has 3 rings (SSSR count). The third kappa shape index (κ3) is 1.66. The lowest BCUT2D eigenvalue weighted by molar-refractivity contribution is -0.138. The summed E-state index contributed by atoms with van der Waals surface area (Å²) in [7, 11) is 0. The molecule has 0 aliphatic carbocycles. The predicted octanol–water partition coefficient (Wildman–Crippen LogP) is 2.79. The predicted molar refractivity (Wildman–Crippen MR) is 73.3 cm³/mol. The van der Waals surface area contributed by atoms with Crippen molar-refractivity contribution in [2.24, 2.45) is 0 Å². The molecule has 2 aliphatic rings.